The number of hydrogen-bond acceptors (Lipinski definition) is 3. The standard InChI is InChI=1S/C15H23NO2/c1-10-8-13(12-6-5-7-16-9-12)11(2)15(18-4)14(10)17-3/h8,12,16H,5-7,9H2,1-4H3. The van der Waals surface area contributed by atoms with Crippen LogP contribution in [-0.4, -0.2) is 27.3 Å². The zero-order chi connectivity index (χ0) is 13.1. The van der Waals surface area contributed by atoms with E-state index in [0.29, 0.717) is 5.92 Å². The molecule has 0 amide bonds. The summed E-state index contributed by atoms with van der Waals surface area (Å²) in [5.41, 5.74) is 3.77. The molecule has 2 rings (SSSR count). The Labute approximate surface area is 109 Å². The summed E-state index contributed by atoms with van der Waals surface area (Å²) < 4.78 is 11.0. The van der Waals surface area contributed by atoms with E-state index in [4.69, 9.17) is 9.47 Å². The minimum absolute atomic E-state index is 0.595. The van der Waals surface area contributed by atoms with Crippen LogP contribution in [0.5, 0.6) is 11.5 Å². The molecule has 1 saturated heterocycles. The number of methoxy groups -OCH3 is 2. The number of rotatable bonds is 3. The van der Waals surface area contributed by atoms with Gasteiger partial charge in [-0.05, 0) is 55.8 Å². The highest BCUT2D eigenvalue weighted by Gasteiger charge is 2.22. The van der Waals surface area contributed by atoms with Crippen LogP contribution >= 0.6 is 0 Å². The molecule has 1 atom stereocenters. The molecule has 0 saturated carbocycles. The Kier molecular flexibility index (Phi) is 4.12. The Morgan fingerprint density at radius 1 is 1.17 bits per heavy atom. The molecule has 1 unspecified atom stereocenters. The van der Waals surface area contributed by atoms with E-state index >= 15 is 0 Å². The summed E-state index contributed by atoms with van der Waals surface area (Å²) in [6.45, 7) is 6.42. The maximum absolute atomic E-state index is 5.53. The van der Waals surface area contributed by atoms with Crippen LogP contribution in [0.25, 0.3) is 0 Å². The fourth-order valence-electron chi connectivity index (χ4n) is 2.93. The minimum atomic E-state index is 0.595. The largest absolute Gasteiger partial charge is 0.493 e. The van der Waals surface area contributed by atoms with Crippen molar-refractivity contribution in [3.05, 3.63) is 22.8 Å². The van der Waals surface area contributed by atoms with E-state index in [0.717, 1.165) is 30.2 Å². The highest BCUT2D eigenvalue weighted by atomic mass is 16.5. The smallest absolute Gasteiger partial charge is 0.164 e. The molecule has 3 nitrogen and oxygen atoms in total. The van der Waals surface area contributed by atoms with Gasteiger partial charge < -0.3 is 14.8 Å². The predicted octanol–water partition coefficient (Wildman–Crippen LogP) is 2.79. The van der Waals surface area contributed by atoms with Gasteiger partial charge in [-0.1, -0.05) is 6.07 Å². The summed E-state index contributed by atoms with van der Waals surface area (Å²) in [6.07, 6.45) is 2.50. The third-order valence-electron chi connectivity index (χ3n) is 3.85. The topological polar surface area (TPSA) is 30.5 Å². The molecule has 0 radical (unpaired) electrons. The average molecular weight is 249 g/mol. The van der Waals surface area contributed by atoms with Crippen LogP contribution in [-0.2, 0) is 0 Å². The van der Waals surface area contributed by atoms with Crippen molar-refractivity contribution in [3.63, 3.8) is 0 Å². The first-order valence-electron chi connectivity index (χ1n) is 6.61. The van der Waals surface area contributed by atoms with Crippen LogP contribution in [0.15, 0.2) is 6.07 Å². The van der Waals surface area contributed by atoms with Gasteiger partial charge in [-0.3, -0.25) is 0 Å². The summed E-state index contributed by atoms with van der Waals surface area (Å²) in [5.74, 6) is 2.35. The van der Waals surface area contributed by atoms with Gasteiger partial charge in [0.25, 0.3) is 0 Å². The van der Waals surface area contributed by atoms with Gasteiger partial charge in [-0.2, -0.15) is 0 Å². The molecule has 1 aliphatic heterocycles. The number of aryl methyl sites for hydroxylation is 1. The third-order valence-corrected chi connectivity index (χ3v) is 3.85. The lowest BCUT2D eigenvalue weighted by atomic mass is 9.87. The second-order valence-electron chi connectivity index (χ2n) is 5.02. The molecule has 100 valence electrons. The van der Waals surface area contributed by atoms with Crippen LogP contribution in [0.2, 0.25) is 0 Å². The van der Waals surface area contributed by atoms with Crippen LogP contribution < -0.4 is 14.8 Å². The van der Waals surface area contributed by atoms with Crippen LogP contribution in [0.3, 0.4) is 0 Å². The number of benzene rings is 1. The molecule has 0 aromatic heterocycles. The molecule has 1 heterocycles. The van der Waals surface area contributed by atoms with Crippen molar-refractivity contribution in [1.82, 2.24) is 5.32 Å². The predicted molar refractivity (Wildman–Crippen MR) is 73.9 cm³/mol. The second kappa shape index (κ2) is 5.61. The lowest BCUT2D eigenvalue weighted by Gasteiger charge is -2.26. The Balaban J connectivity index is 2.44. The van der Waals surface area contributed by atoms with Crippen LogP contribution in [0.1, 0.15) is 35.4 Å². The normalized spacial score (nSPS) is 19.7. The van der Waals surface area contributed by atoms with Crippen molar-refractivity contribution in [2.45, 2.75) is 32.6 Å². The number of ether oxygens (including phenoxy) is 2. The lowest BCUT2D eigenvalue weighted by Crippen LogP contribution is -2.28. The summed E-state index contributed by atoms with van der Waals surface area (Å²) in [7, 11) is 3.42. The van der Waals surface area contributed by atoms with E-state index in [9.17, 15) is 0 Å². The number of piperidine rings is 1. The van der Waals surface area contributed by atoms with Gasteiger partial charge in [0.05, 0.1) is 14.2 Å². The first-order valence-corrected chi connectivity index (χ1v) is 6.61. The maximum Gasteiger partial charge on any atom is 0.164 e. The molecular formula is C15H23NO2. The van der Waals surface area contributed by atoms with E-state index in [2.05, 4.69) is 25.2 Å². The van der Waals surface area contributed by atoms with E-state index in [-0.39, 0.29) is 0 Å². The number of nitrogens with one attached hydrogen (secondary N) is 1. The van der Waals surface area contributed by atoms with Crippen molar-refractivity contribution in [1.29, 1.82) is 0 Å². The molecule has 1 N–H and O–H groups in total. The van der Waals surface area contributed by atoms with Crippen molar-refractivity contribution in [2.75, 3.05) is 27.3 Å². The van der Waals surface area contributed by atoms with Crippen molar-refractivity contribution < 1.29 is 9.47 Å². The lowest BCUT2D eigenvalue weighted by molar-refractivity contribution is 0.349. The van der Waals surface area contributed by atoms with Gasteiger partial charge in [-0.25, -0.2) is 0 Å². The molecule has 1 aliphatic rings. The molecular weight excluding hydrogens is 226 g/mol. The molecule has 1 aromatic rings. The zero-order valence-electron chi connectivity index (χ0n) is 11.8. The summed E-state index contributed by atoms with van der Waals surface area (Å²) in [6, 6.07) is 2.26. The quantitative estimate of drug-likeness (QED) is 0.893. The monoisotopic (exact) mass is 249 g/mol. The molecule has 0 bridgehead atoms. The zero-order valence-corrected chi connectivity index (χ0v) is 11.8. The van der Waals surface area contributed by atoms with E-state index < -0.39 is 0 Å². The fourth-order valence-corrected chi connectivity index (χ4v) is 2.93. The first-order chi connectivity index (χ1) is 8.69. The third kappa shape index (κ3) is 2.32. The Morgan fingerprint density at radius 3 is 2.44 bits per heavy atom. The van der Waals surface area contributed by atoms with E-state index in [1.54, 1.807) is 14.2 Å². The molecule has 0 aliphatic carbocycles. The van der Waals surface area contributed by atoms with Gasteiger partial charge in [0.15, 0.2) is 11.5 Å². The Morgan fingerprint density at radius 2 is 1.89 bits per heavy atom. The van der Waals surface area contributed by atoms with Crippen LogP contribution in [0, 0.1) is 13.8 Å². The summed E-state index contributed by atoms with van der Waals surface area (Å²) >= 11 is 0. The van der Waals surface area contributed by atoms with Crippen molar-refractivity contribution >= 4 is 0 Å². The SMILES string of the molecule is COc1c(C)cc(C2CCCNC2)c(C)c1OC. The minimum Gasteiger partial charge on any atom is -0.493 e. The van der Waals surface area contributed by atoms with Gasteiger partial charge >= 0.3 is 0 Å². The van der Waals surface area contributed by atoms with Crippen molar-refractivity contribution in [2.24, 2.45) is 0 Å². The van der Waals surface area contributed by atoms with Gasteiger partial charge in [0, 0.05) is 6.54 Å². The first kappa shape index (κ1) is 13.2. The van der Waals surface area contributed by atoms with Crippen LogP contribution in [0.4, 0.5) is 0 Å². The fraction of sp³-hybridized carbons (Fsp3) is 0.600. The molecule has 1 aromatic carbocycles. The second-order valence-corrected chi connectivity index (χ2v) is 5.02. The van der Waals surface area contributed by atoms with Gasteiger partial charge in [0.2, 0.25) is 0 Å². The van der Waals surface area contributed by atoms with E-state index in [1.165, 1.54) is 24.0 Å². The van der Waals surface area contributed by atoms with Crippen molar-refractivity contribution in [3.8, 4) is 11.5 Å². The summed E-state index contributed by atoms with van der Waals surface area (Å²) in [4.78, 5) is 0. The molecule has 18 heavy (non-hydrogen) atoms. The Hall–Kier alpha value is -1.22. The van der Waals surface area contributed by atoms with Gasteiger partial charge in [-0.15, -0.1) is 0 Å². The molecule has 0 spiro atoms. The number of hydrogen-bond donors (Lipinski definition) is 1. The molecule has 3 heteroatoms. The maximum atomic E-state index is 5.53. The highest BCUT2D eigenvalue weighted by molar-refractivity contribution is 5.55. The average Bonchev–Trinajstić information content (AvgIpc) is 2.41. The van der Waals surface area contributed by atoms with Gasteiger partial charge in [0.1, 0.15) is 0 Å². The Bertz CT molecular complexity index is 423. The van der Waals surface area contributed by atoms with E-state index in [1.807, 2.05) is 0 Å². The molecule has 1 fully saturated rings. The summed E-state index contributed by atoms with van der Waals surface area (Å²) in [5, 5.41) is 3.47. The highest BCUT2D eigenvalue weighted by Crippen LogP contribution is 2.40.